The molecule has 1 unspecified atom stereocenters. The molecule has 5 heteroatoms. The number of thiophene rings is 1. The second kappa shape index (κ2) is 5.34. The molecule has 0 fully saturated rings. The van der Waals surface area contributed by atoms with Gasteiger partial charge in [-0.1, -0.05) is 0 Å². The number of aryl methyl sites for hydroxylation is 1. The summed E-state index contributed by atoms with van der Waals surface area (Å²) in [5.41, 5.74) is 1.00. The standard InChI is InChI=1S/C15H15FN2OS/c1-2-18-9-10(8-17-18)5-13(19)15-7-11-6-12(16)3-4-14(11)20-15/h3-4,6-9,13,19H,2,5H2,1H3. The maximum atomic E-state index is 13.2. The molecule has 1 N–H and O–H groups in total. The third-order valence-electron chi connectivity index (χ3n) is 3.27. The Bertz CT molecular complexity index is 734. The number of nitrogens with zero attached hydrogens (tertiary/aromatic N) is 2. The number of benzene rings is 1. The van der Waals surface area contributed by atoms with E-state index in [1.807, 2.05) is 23.9 Å². The first-order valence-electron chi connectivity index (χ1n) is 6.54. The number of rotatable bonds is 4. The number of halogens is 1. The minimum Gasteiger partial charge on any atom is -0.387 e. The van der Waals surface area contributed by atoms with Crippen LogP contribution in [0, 0.1) is 5.82 Å². The molecular weight excluding hydrogens is 275 g/mol. The Hall–Kier alpha value is -1.72. The van der Waals surface area contributed by atoms with Crippen molar-refractivity contribution in [2.75, 3.05) is 0 Å². The summed E-state index contributed by atoms with van der Waals surface area (Å²) >= 11 is 1.50. The Morgan fingerprint density at radius 2 is 2.25 bits per heavy atom. The Morgan fingerprint density at radius 1 is 1.40 bits per heavy atom. The third kappa shape index (κ3) is 2.59. The minimum absolute atomic E-state index is 0.249. The van der Waals surface area contributed by atoms with E-state index < -0.39 is 6.10 Å². The highest BCUT2D eigenvalue weighted by Crippen LogP contribution is 2.31. The Labute approximate surface area is 120 Å². The molecule has 2 heterocycles. The average Bonchev–Trinajstić information content (AvgIpc) is 3.04. The second-order valence-electron chi connectivity index (χ2n) is 4.76. The average molecular weight is 290 g/mol. The normalized spacial score (nSPS) is 12.9. The number of fused-ring (bicyclic) bond motifs is 1. The molecule has 0 radical (unpaired) electrons. The Balaban J connectivity index is 1.82. The third-order valence-corrected chi connectivity index (χ3v) is 4.48. The smallest absolute Gasteiger partial charge is 0.123 e. The summed E-state index contributed by atoms with van der Waals surface area (Å²) in [6.07, 6.45) is 3.66. The molecule has 0 spiro atoms. The topological polar surface area (TPSA) is 38.0 Å². The van der Waals surface area contributed by atoms with Crippen molar-refractivity contribution in [3.8, 4) is 0 Å². The first kappa shape index (κ1) is 13.3. The van der Waals surface area contributed by atoms with Gasteiger partial charge >= 0.3 is 0 Å². The Morgan fingerprint density at radius 3 is 3.00 bits per heavy atom. The van der Waals surface area contributed by atoms with Crippen molar-refractivity contribution in [3.63, 3.8) is 0 Å². The predicted octanol–water partition coefficient (Wildman–Crippen LogP) is 3.53. The zero-order chi connectivity index (χ0) is 14.1. The van der Waals surface area contributed by atoms with Crippen molar-refractivity contribution in [1.82, 2.24) is 9.78 Å². The summed E-state index contributed by atoms with van der Waals surface area (Å²) in [7, 11) is 0. The van der Waals surface area contributed by atoms with Gasteiger partial charge in [0.15, 0.2) is 0 Å². The summed E-state index contributed by atoms with van der Waals surface area (Å²) in [5, 5.41) is 15.3. The van der Waals surface area contributed by atoms with E-state index in [1.54, 1.807) is 12.3 Å². The van der Waals surface area contributed by atoms with E-state index in [-0.39, 0.29) is 5.82 Å². The van der Waals surface area contributed by atoms with Gasteiger partial charge in [-0.15, -0.1) is 11.3 Å². The van der Waals surface area contributed by atoms with Crippen LogP contribution < -0.4 is 0 Å². The predicted molar refractivity (Wildman–Crippen MR) is 78.3 cm³/mol. The van der Waals surface area contributed by atoms with Gasteiger partial charge in [0.1, 0.15) is 5.82 Å². The summed E-state index contributed by atoms with van der Waals surface area (Å²) in [6.45, 7) is 2.84. The van der Waals surface area contributed by atoms with Crippen LogP contribution in [0.2, 0.25) is 0 Å². The molecule has 0 saturated heterocycles. The largest absolute Gasteiger partial charge is 0.387 e. The molecule has 3 rings (SSSR count). The highest BCUT2D eigenvalue weighted by atomic mass is 32.1. The molecule has 1 atom stereocenters. The molecule has 0 aliphatic heterocycles. The number of hydrogen-bond donors (Lipinski definition) is 1. The number of hydrogen-bond acceptors (Lipinski definition) is 3. The SMILES string of the molecule is CCn1cc(CC(O)c2cc3cc(F)ccc3s2)cn1. The van der Waals surface area contributed by atoms with Crippen LogP contribution in [0.25, 0.3) is 10.1 Å². The fourth-order valence-electron chi connectivity index (χ4n) is 2.21. The zero-order valence-corrected chi connectivity index (χ0v) is 11.9. The van der Waals surface area contributed by atoms with E-state index in [0.717, 1.165) is 27.1 Å². The molecule has 0 aliphatic rings. The van der Waals surface area contributed by atoms with E-state index in [1.165, 1.54) is 23.5 Å². The van der Waals surface area contributed by atoms with Crippen LogP contribution in [0.15, 0.2) is 36.7 Å². The highest BCUT2D eigenvalue weighted by molar-refractivity contribution is 7.19. The van der Waals surface area contributed by atoms with Crippen LogP contribution in [-0.4, -0.2) is 14.9 Å². The van der Waals surface area contributed by atoms with E-state index in [4.69, 9.17) is 0 Å². The van der Waals surface area contributed by atoms with Crippen LogP contribution in [0.1, 0.15) is 23.5 Å². The van der Waals surface area contributed by atoms with Crippen molar-refractivity contribution in [2.45, 2.75) is 26.0 Å². The van der Waals surface area contributed by atoms with Gasteiger partial charge in [-0.3, -0.25) is 4.68 Å². The van der Waals surface area contributed by atoms with Crippen molar-refractivity contribution in [2.24, 2.45) is 0 Å². The molecule has 3 aromatic rings. The van der Waals surface area contributed by atoms with Gasteiger partial charge in [-0.05, 0) is 42.1 Å². The number of aromatic nitrogens is 2. The number of aliphatic hydroxyl groups is 1. The summed E-state index contributed by atoms with van der Waals surface area (Å²) in [6, 6.07) is 6.55. The minimum atomic E-state index is -0.579. The fourth-order valence-corrected chi connectivity index (χ4v) is 3.24. The van der Waals surface area contributed by atoms with Crippen LogP contribution >= 0.6 is 11.3 Å². The van der Waals surface area contributed by atoms with Crippen LogP contribution in [0.5, 0.6) is 0 Å². The van der Waals surface area contributed by atoms with Gasteiger partial charge in [0.25, 0.3) is 0 Å². The van der Waals surface area contributed by atoms with Crippen molar-refractivity contribution in [1.29, 1.82) is 0 Å². The van der Waals surface area contributed by atoms with Crippen molar-refractivity contribution < 1.29 is 9.50 Å². The van der Waals surface area contributed by atoms with Gasteiger partial charge in [-0.2, -0.15) is 5.10 Å². The lowest BCUT2D eigenvalue weighted by Gasteiger charge is -2.05. The lowest BCUT2D eigenvalue weighted by molar-refractivity contribution is 0.182. The van der Waals surface area contributed by atoms with Crippen LogP contribution in [0.3, 0.4) is 0 Å². The van der Waals surface area contributed by atoms with E-state index in [9.17, 15) is 9.50 Å². The molecular formula is C15H15FN2OS. The van der Waals surface area contributed by atoms with Gasteiger partial charge in [0.2, 0.25) is 0 Å². The van der Waals surface area contributed by atoms with Gasteiger partial charge < -0.3 is 5.11 Å². The fraction of sp³-hybridized carbons (Fsp3) is 0.267. The lowest BCUT2D eigenvalue weighted by Crippen LogP contribution is -1.98. The van der Waals surface area contributed by atoms with E-state index >= 15 is 0 Å². The summed E-state index contributed by atoms with van der Waals surface area (Å²) in [4.78, 5) is 0.856. The Kier molecular flexibility index (Phi) is 3.54. The molecule has 0 saturated carbocycles. The van der Waals surface area contributed by atoms with E-state index in [0.29, 0.717) is 6.42 Å². The molecule has 3 nitrogen and oxygen atoms in total. The first-order chi connectivity index (χ1) is 9.65. The van der Waals surface area contributed by atoms with Crippen molar-refractivity contribution in [3.05, 3.63) is 52.9 Å². The van der Waals surface area contributed by atoms with E-state index in [2.05, 4.69) is 5.10 Å². The molecule has 0 amide bonds. The molecule has 0 aliphatic carbocycles. The van der Waals surface area contributed by atoms with Crippen molar-refractivity contribution >= 4 is 21.4 Å². The number of aliphatic hydroxyl groups excluding tert-OH is 1. The van der Waals surface area contributed by atoms with Crippen LogP contribution in [0.4, 0.5) is 4.39 Å². The summed E-state index contributed by atoms with van der Waals surface area (Å²) in [5.74, 6) is -0.249. The highest BCUT2D eigenvalue weighted by Gasteiger charge is 2.13. The van der Waals surface area contributed by atoms with Crippen LogP contribution in [-0.2, 0) is 13.0 Å². The molecule has 104 valence electrons. The maximum absolute atomic E-state index is 13.2. The first-order valence-corrected chi connectivity index (χ1v) is 7.35. The molecule has 1 aromatic carbocycles. The molecule has 20 heavy (non-hydrogen) atoms. The summed E-state index contributed by atoms with van der Waals surface area (Å²) < 4.78 is 16.0. The molecule has 2 aromatic heterocycles. The maximum Gasteiger partial charge on any atom is 0.123 e. The van der Waals surface area contributed by atoms with Gasteiger partial charge in [-0.25, -0.2) is 4.39 Å². The molecule has 0 bridgehead atoms. The monoisotopic (exact) mass is 290 g/mol. The zero-order valence-electron chi connectivity index (χ0n) is 11.1. The second-order valence-corrected chi connectivity index (χ2v) is 5.87. The van der Waals surface area contributed by atoms with Gasteiger partial charge in [0, 0.05) is 28.7 Å². The quantitative estimate of drug-likeness (QED) is 0.798. The van der Waals surface area contributed by atoms with Gasteiger partial charge in [0.05, 0.1) is 12.3 Å². The lowest BCUT2D eigenvalue weighted by atomic mass is 10.1.